The van der Waals surface area contributed by atoms with Gasteiger partial charge in [-0.05, 0) is 19.1 Å². The summed E-state index contributed by atoms with van der Waals surface area (Å²) < 4.78 is 44.7. The molecule has 4 rings (SSSR count). The van der Waals surface area contributed by atoms with E-state index in [9.17, 15) is 19.2 Å². The number of pyridine rings is 1. The van der Waals surface area contributed by atoms with E-state index < -0.39 is 35.9 Å². The Morgan fingerprint density at radius 3 is 2.49 bits per heavy atom. The number of piperazine rings is 1. The quantitative estimate of drug-likeness (QED) is 0.493. The van der Waals surface area contributed by atoms with Gasteiger partial charge in [0.1, 0.15) is 12.3 Å². The summed E-state index contributed by atoms with van der Waals surface area (Å²) in [5.74, 6) is -2.52. The molecule has 12 nitrogen and oxygen atoms in total. The minimum atomic E-state index is -0.912. The van der Waals surface area contributed by atoms with E-state index in [-0.39, 0.29) is 69.8 Å². The van der Waals surface area contributed by atoms with Gasteiger partial charge in [-0.15, -0.1) is 0 Å². The van der Waals surface area contributed by atoms with Crippen molar-refractivity contribution in [3.8, 4) is 0 Å². The van der Waals surface area contributed by atoms with E-state index in [1.165, 1.54) is 22.2 Å². The highest BCUT2D eigenvalue weighted by molar-refractivity contribution is 5.96. The molecular weight excluding hydrogens is 520 g/mol. The molecule has 2 aliphatic heterocycles. The maximum atomic E-state index is 15.1. The number of nitrogens with zero attached hydrogens (tertiary/aromatic N) is 4. The smallest absolute Gasteiger partial charge is 0.440 e. The zero-order valence-electron chi connectivity index (χ0n) is 21.1. The third-order valence-corrected chi connectivity index (χ3v) is 6.11. The van der Waals surface area contributed by atoms with Gasteiger partial charge >= 0.3 is 12.2 Å². The molecule has 0 radical (unpaired) electrons. The minimum absolute atomic E-state index is 0.0458. The second kappa shape index (κ2) is 12.4. The first-order valence-corrected chi connectivity index (χ1v) is 12.2. The van der Waals surface area contributed by atoms with Crippen LogP contribution < -0.4 is 15.1 Å². The highest BCUT2D eigenvalue weighted by atomic mass is 19.1. The van der Waals surface area contributed by atoms with E-state index in [0.717, 1.165) is 17.0 Å². The molecule has 39 heavy (non-hydrogen) atoms. The highest BCUT2D eigenvalue weighted by Crippen LogP contribution is 2.31. The molecule has 2 fully saturated rings. The number of hydrogen-bond acceptors (Lipinski definition) is 9. The number of hydrogen-bond donors (Lipinski definition) is 1. The fraction of sp³-hybridized carbons (Fsp3) is 0.400. The largest absolute Gasteiger partial charge is 0.508 e. The average molecular weight is 548 g/mol. The van der Waals surface area contributed by atoms with Crippen molar-refractivity contribution >= 4 is 35.4 Å². The van der Waals surface area contributed by atoms with Crippen molar-refractivity contribution in [1.29, 1.82) is 0 Å². The number of carbonyl (C=O) groups is 4. The van der Waals surface area contributed by atoms with Gasteiger partial charge in [-0.25, -0.2) is 18.4 Å². The molecule has 0 aliphatic carbocycles. The lowest BCUT2D eigenvalue weighted by Gasteiger charge is -2.36. The van der Waals surface area contributed by atoms with E-state index in [1.807, 2.05) is 0 Å². The molecule has 208 valence electrons. The lowest BCUT2D eigenvalue weighted by atomic mass is 10.2. The predicted octanol–water partition coefficient (Wildman–Crippen LogP) is 1.94. The number of benzene rings is 1. The first-order chi connectivity index (χ1) is 18.8. The molecule has 2 aromatic rings. The van der Waals surface area contributed by atoms with E-state index in [2.05, 4.69) is 15.0 Å². The lowest BCUT2D eigenvalue weighted by Crippen LogP contribution is -2.51. The van der Waals surface area contributed by atoms with Gasteiger partial charge in [0, 0.05) is 50.7 Å². The van der Waals surface area contributed by atoms with Crippen molar-refractivity contribution in [2.45, 2.75) is 13.0 Å². The van der Waals surface area contributed by atoms with E-state index in [0.29, 0.717) is 5.56 Å². The molecule has 1 N–H and O–H groups in total. The van der Waals surface area contributed by atoms with Crippen molar-refractivity contribution in [3.05, 3.63) is 53.9 Å². The van der Waals surface area contributed by atoms with E-state index in [4.69, 9.17) is 9.47 Å². The van der Waals surface area contributed by atoms with Crippen LogP contribution in [0.1, 0.15) is 17.3 Å². The summed E-state index contributed by atoms with van der Waals surface area (Å²) in [5, 5.41) is 2.54. The standard InChI is InChI=1S/C25H27F2N5O7/c1-2-37-25(36)38-15-18-14-32(24(35)39-18)17-10-19(26)22(20(27)11-17)31-8-6-30(7-9-31)21(33)13-29-23(34)16-4-3-5-28-12-16/h3-5,10-12,18H,2,6-9,13-15H2,1H3,(H,29,34)/t18-/m1/s1. The van der Waals surface area contributed by atoms with Crippen LogP contribution in [-0.4, -0.2) is 92.5 Å². The van der Waals surface area contributed by atoms with Crippen LogP contribution in [0.4, 0.5) is 29.7 Å². The average Bonchev–Trinajstić information content (AvgIpc) is 3.31. The fourth-order valence-corrected chi connectivity index (χ4v) is 4.20. The molecule has 1 aromatic carbocycles. The Morgan fingerprint density at radius 2 is 1.85 bits per heavy atom. The van der Waals surface area contributed by atoms with Crippen molar-refractivity contribution in [2.24, 2.45) is 0 Å². The van der Waals surface area contributed by atoms with Crippen LogP contribution in [-0.2, 0) is 19.0 Å². The molecule has 3 amide bonds. The first-order valence-electron chi connectivity index (χ1n) is 12.2. The third kappa shape index (κ3) is 6.69. The van der Waals surface area contributed by atoms with Crippen molar-refractivity contribution in [1.82, 2.24) is 15.2 Å². The normalized spacial score (nSPS) is 17.1. The van der Waals surface area contributed by atoms with Gasteiger partial charge in [-0.3, -0.25) is 19.5 Å². The Morgan fingerprint density at radius 1 is 1.13 bits per heavy atom. The van der Waals surface area contributed by atoms with Crippen LogP contribution in [0.5, 0.6) is 0 Å². The number of halogens is 2. The monoisotopic (exact) mass is 547 g/mol. The van der Waals surface area contributed by atoms with E-state index >= 15 is 8.78 Å². The summed E-state index contributed by atoms with van der Waals surface area (Å²) in [6, 6.07) is 5.24. The summed E-state index contributed by atoms with van der Waals surface area (Å²) in [6.07, 6.45) is 0.347. The van der Waals surface area contributed by atoms with Crippen LogP contribution in [0.25, 0.3) is 0 Å². The van der Waals surface area contributed by atoms with Crippen LogP contribution in [0.2, 0.25) is 0 Å². The van der Waals surface area contributed by atoms with Crippen LogP contribution in [0.15, 0.2) is 36.7 Å². The van der Waals surface area contributed by atoms with Crippen LogP contribution in [0.3, 0.4) is 0 Å². The molecule has 1 aromatic heterocycles. The number of carbonyl (C=O) groups excluding carboxylic acids is 4. The molecule has 2 aliphatic rings. The maximum absolute atomic E-state index is 15.1. The summed E-state index contributed by atoms with van der Waals surface area (Å²) in [6.45, 7) is 1.89. The van der Waals surface area contributed by atoms with Gasteiger partial charge in [-0.1, -0.05) is 0 Å². The number of ether oxygens (including phenoxy) is 3. The topological polar surface area (TPSA) is 131 Å². The molecule has 0 unspecified atom stereocenters. The van der Waals surface area contributed by atoms with Gasteiger partial charge < -0.3 is 29.3 Å². The number of anilines is 2. The van der Waals surface area contributed by atoms with Crippen molar-refractivity contribution in [2.75, 3.05) is 62.3 Å². The summed E-state index contributed by atoms with van der Waals surface area (Å²) in [7, 11) is 0. The Kier molecular flexibility index (Phi) is 8.74. The number of nitrogens with one attached hydrogen (secondary N) is 1. The number of rotatable bonds is 8. The third-order valence-electron chi connectivity index (χ3n) is 6.11. The van der Waals surface area contributed by atoms with Gasteiger partial charge in [0.15, 0.2) is 17.7 Å². The number of amides is 3. The lowest BCUT2D eigenvalue weighted by molar-refractivity contribution is -0.130. The molecule has 3 heterocycles. The van der Waals surface area contributed by atoms with Gasteiger partial charge in [0.25, 0.3) is 5.91 Å². The molecule has 2 saturated heterocycles. The number of cyclic esters (lactones) is 1. The Balaban J connectivity index is 1.31. The molecule has 0 saturated carbocycles. The maximum Gasteiger partial charge on any atom is 0.508 e. The summed E-state index contributed by atoms with van der Waals surface area (Å²) in [4.78, 5) is 56.1. The molecular formula is C25H27F2N5O7. The zero-order chi connectivity index (χ0) is 27.9. The molecule has 0 bridgehead atoms. The predicted molar refractivity (Wildman–Crippen MR) is 132 cm³/mol. The number of aromatic nitrogens is 1. The van der Waals surface area contributed by atoms with Crippen LogP contribution >= 0.6 is 0 Å². The van der Waals surface area contributed by atoms with Crippen molar-refractivity contribution < 1.29 is 42.2 Å². The first kappa shape index (κ1) is 27.5. The second-order valence-electron chi connectivity index (χ2n) is 8.66. The zero-order valence-corrected chi connectivity index (χ0v) is 21.1. The Hall–Kier alpha value is -4.49. The highest BCUT2D eigenvalue weighted by Gasteiger charge is 2.35. The Bertz CT molecular complexity index is 1200. The summed E-state index contributed by atoms with van der Waals surface area (Å²) in [5.41, 5.74) is 0.00767. The van der Waals surface area contributed by atoms with Gasteiger partial charge in [-0.2, -0.15) is 0 Å². The summed E-state index contributed by atoms with van der Waals surface area (Å²) >= 11 is 0. The van der Waals surface area contributed by atoms with Gasteiger partial charge in [0.05, 0.1) is 30.9 Å². The van der Waals surface area contributed by atoms with Gasteiger partial charge in [0.2, 0.25) is 5.91 Å². The second-order valence-corrected chi connectivity index (χ2v) is 8.66. The molecule has 1 atom stereocenters. The Labute approximate surface area is 222 Å². The SMILES string of the molecule is CCOC(=O)OC[C@H]1CN(c2cc(F)c(N3CCN(C(=O)CNC(=O)c4cccnc4)CC3)c(F)c2)C(=O)O1. The molecule has 14 heteroatoms. The van der Waals surface area contributed by atoms with Crippen molar-refractivity contribution in [3.63, 3.8) is 0 Å². The minimum Gasteiger partial charge on any atom is -0.440 e. The fourth-order valence-electron chi connectivity index (χ4n) is 4.20. The molecule has 0 spiro atoms. The van der Waals surface area contributed by atoms with E-state index in [1.54, 1.807) is 19.1 Å². The van der Waals surface area contributed by atoms with Crippen LogP contribution in [0, 0.1) is 11.6 Å².